The molecular formula is C12H25N3O3. The molecule has 18 heavy (non-hydrogen) atoms. The van der Waals surface area contributed by atoms with E-state index in [0.29, 0.717) is 13.1 Å². The largest absolute Gasteiger partial charge is 0.395 e. The van der Waals surface area contributed by atoms with Gasteiger partial charge in [-0.05, 0) is 25.7 Å². The molecule has 0 bridgehead atoms. The highest BCUT2D eigenvalue weighted by atomic mass is 16.3. The van der Waals surface area contributed by atoms with E-state index in [2.05, 4.69) is 5.32 Å². The lowest BCUT2D eigenvalue weighted by atomic mass is 9.92. The monoisotopic (exact) mass is 259 g/mol. The number of rotatable bonds is 7. The van der Waals surface area contributed by atoms with Crippen LogP contribution in [0.25, 0.3) is 0 Å². The van der Waals surface area contributed by atoms with Crippen LogP contribution in [0.15, 0.2) is 0 Å². The molecule has 0 heterocycles. The minimum atomic E-state index is -0.0441. The first-order chi connectivity index (χ1) is 8.65. The van der Waals surface area contributed by atoms with Crippen LogP contribution in [-0.2, 0) is 4.79 Å². The van der Waals surface area contributed by atoms with Gasteiger partial charge in [-0.15, -0.1) is 0 Å². The normalized spacial score (nSPS) is 24.2. The van der Waals surface area contributed by atoms with Gasteiger partial charge < -0.3 is 21.3 Å². The molecule has 0 atom stereocenters. The number of hydrogen-bond donors (Lipinski definition) is 4. The number of nitrogens with one attached hydrogen (secondary N) is 1. The van der Waals surface area contributed by atoms with Crippen molar-refractivity contribution in [2.24, 2.45) is 5.73 Å². The predicted octanol–water partition coefficient (Wildman–Crippen LogP) is -1.34. The van der Waals surface area contributed by atoms with Gasteiger partial charge in [-0.3, -0.25) is 9.69 Å². The van der Waals surface area contributed by atoms with Crippen LogP contribution in [-0.4, -0.2) is 66.0 Å². The lowest BCUT2D eigenvalue weighted by Gasteiger charge is -2.28. The zero-order chi connectivity index (χ0) is 13.4. The molecule has 1 rings (SSSR count). The van der Waals surface area contributed by atoms with Gasteiger partial charge in [0.1, 0.15) is 0 Å². The summed E-state index contributed by atoms with van der Waals surface area (Å²) < 4.78 is 0. The van der Waals surface area contributed by atoms with Gasteiger partial charge in [0.2, 0.25) is 5.91 Å². The van der Waals surface area contributed by atoms with Crippen LogP contribution in [0.4, 0.5) is 0 Å². The van der Waals surface area contributed by atoms with Crippen molar-refractivity contribution >= 4 is 5.91 Å². The minimum absolute atomic E-state index is 0.00837. The Labute approximate surface area is 108 Å². The molecule has 1 amide bonds. The van der Waals surface area contributed by atoms with Crippen molar-refractivity contribution in [1.29, 1.82) is 0 Å². The standard InChI is InChI=1S/C12H25N3O3/c13-10-1-3-11(4-2-10)14-12(18)9-15(5-7-16)6-8-17/h10-11,16-17H,1-9,13H2,(H,14,18). The zero-order valence-electron chi connectivity index (χ0n) is 10.8. The number of aliphatic hydroxyl groups excluding tert-OH is 2. The molecule has 0 radical (unpaired) electrons. The van der Waals surface area contributed by atoms with Crippen molar-refractivity contribution in [2.75, 3.05) is 32.8 Å². The van der Waals surface area contributed by atoms with Crippen LogP contribution in [0.5, 0.6) is 0 Å². The highest BCUT2D eigenvalue weighted by molar-refractivity contribution is 5.78. The summed E-state index contributed by atoms with van der Waals surface area (Å²) in [5.41, 5.74) is 5.81. The summed E-state index contributed by atoms with van der Waals surface area (Å²) in [6.07, 6.45) is 3.80. The maximum atomic E-state index is 11.8. The molecule has 0 spiro atoms. The first-order valence-electron chi connectivity index (χ1n) is 6.64. The average Bonchev–Trinajstić information content (AvgIpc) is 2.33. The zero-order valence-corrected chi connectivity index (χ0v) is 10.8. The summed E-state index contributed by atoms with van der Waals surface area (Å²) in [6, 6.07) is 0.501. The van der Waals surface area contributed by atoms with Crippen LogP contribution < -0.4 is 11.1 Å². The number of aliphatic hydroxyl groups is 2. The Morgan fingerprint density at radius 2 is 1.72 bits per heavy atom. The maximum absolute atomic E-state index is 11.8. The Morgan fingerprint density at radius 1 is 1.17 bits per heavy atom. The molecule has 1 aliphatic rings. The molecule has 0 unspecified atom stereocenters. The fourth-order valence-corrected chi connectivity index (χ4v) is 2.29. The topological polar surface area (TPSA) is 98.8 Å². The van der Waals surface area contributed by atoms with Gasteiger partial charge in [0, 0.05) is 25.2 Å². The number of nitrogens with two attached hydrogens (primary N) is 1. The second-order valence-corrected chi connectivity index (χ2v) is 4.90. The second kappa shape index (κ2) is 8.42. The molecule has 0 aliphatic heterocycles. The van der Waals surface area contributed by atoms with Gasteiger partial charge >= 0.3 is 0 Å². The van der Waals surface area contributed by atoms with Crippen LogP contribution in [0, 0.1) is 0 Å². The summed E-state index contributed by atoms with van der Waals surface area (Å²) in [6.45, 7) is 1.02. The van der Waals surface area contributed by atoms with Crippen molar-refractivity contribution in [3.8, 4) is 0 Å². The summed E-state index contributed by atoms with van der Waals surface area (Å²) in [5.74, 6) is -0.0441. The quantitative estimate of drug-likeness (QED) is 0.453. The summed E-state index contributed by atoms with van der Waals surface area (Å²) >= 11 is 0. The maximum Gasteiger partial charge on any atom is 0.234 e. The first kappa shape index (κ1) is 15.4. The third-order valence-electron chi connectivity index (χ3n) is 3.34. The molecule has 6 nitrogen and oxygen atoms in total. The van der Waals surface area contributed by atoms with Gasteiger partial charge in [0.05, 0.1) is 19.8 Å². The number of hydrogen-bond acceptors (Lipinski definition) is 5. The third-order valence-corrected chi connectivity index (χ3v) is 3.34. The van der Waals surface area contributed by atoms with Gasteiger partial charge in [0.25, 0.3) is 0 Å². The van der Waals surface area contributed by atoms with Crippen molar-refractivity contribution in [1.82, 2.24) is 10.2 Å². The lowest BCUT2D eigenvalue weighted by molar-refractivity contribution is -0.123. The highest BCUT2D eigenvalue weighted by Gasteiger charge is 2.20. The van der Waals surface area contributed by atoms with E-state index in [9.17, 15) is 4.79 Å². The Bertz CT molecular complexity index is 237. The Balaban J connectivity index is 2.26. The van der Waals surface area contributed by atoms with E-state index in [1.54, 1.807) is 4.90 Å². The van der Waals surface area contributed by atoms with Crippen LogP contribution in [0.2, 0.25) is 0 Å². The van der Waals surface area contributed by atoms with E-state index in [1.807, 2.05) is 0 Å². The summed E-state index contributed by atoms with van der Waals surface area (Å²) in [4.78, 5) is 13.5. The van der Waals surface area contributed by atoms with Crippen molar-refractivity contribution in [3.05, 3.63) is 0 Å². The molecular weight excluding hydrogens is 234 g/mol. The van der Waals surface area contributed by atoms with Gasteiger partial charge in [-0.2, -0.15) is 0 Å². The molecule has 0 saturated heterocycles. The highest BCUT2D eigenvalue weighted by Crippen LogP contribution is 2.16. The van der Waals surface area contributed by atoms with E-state index >= 15 is 0 Å². The Kier molecular flexibility index (Phi) is 7.19. The molecule has 0 aromatic heterocycles. The van der Waals surface area contributed by atoms with Gasteiger partial charge in [-0.25, -0.2) is 0 Å². The molecule has 106 valence electrons. The van der Waals surface area contributed by atoms with Crippen molar-refractivity contribution in [3.63, 3.8) is 0 Å². The minimum Gasteiger partial charge on any atom is -0.395 e. The molecule has 0 aromatic rings. The fraction of sp³-hybridized carbons (Fsp3) is 0.917. The van der Waals surface area contributed by atoms with Crippen molar-refractivity contribution < 1.29 is 15.0 Å². The number of carbonyl (C=O) groups excluding carboxylic acids is 1. The Hall–Kier alpha value is -0.690. The van der Waals surface area contributed by atoms with Gasteiger partial charge in [-0.1, -0.05) is 0 Å². The Morgan fingerprint density at radius 3 is 2.22 bits per heavy atom. The predicted molar refractivity (Wildman–Crippen MR) is 69.0 cm³/mol. The van der Waals surface area contributed by atoms with E-state index in [4.69, 9.17) is 15.9 Å². The van der Waals surface area contributed by atoms with Crippen LogP contribution in [0.3, 0.4) is 0 Å². The summed E-state index contributed by atoms with van der Waals surface area (Å²) in [7, 11) is 0. The van der Waals surface area contributed by atoms with Gasteiger partial charge in [0.15, 0.2) is 0 Å². The van der Waals surface area contributed by atoms with Crippen molar-refractivity contribution in [2.45, 2.75) is 37.8 Å². The van der Waals surface area contributed by atoms with Crippen LogP contribution in [0.1, 0.15) is 25.7 Å². The SMILES string of the molecule is NC1CCC(NC(=O)CN(CCO)CCO)CC1. The molecule has 1 aliphatic carbocycles. The summed E-state index contributed by atoms with van der Waals surface area (Å²) in [5, 5.41) is 20.7. The molecule has 5 N–H and O–H groups in total. The molecule has 1 fully saturated rings. The first-order valence-corrected chi connectivity index (χ1v) is 6.64. The van der Waals surface area contributed by atoms with E-state index in [1.165, 1.54) is 0 Å². The van der Waals surface area contributed by atoms with Crippen LogP contribution >= 0.6 is 0 Å². The average molecular weight is 259 g/mol. The fourth-order valence-electron chi connectivity index (χ4n) is 2.29. The number of carbonyl (C=O) groups is 1. The smallest absolute Gasteiger partial charge is 0.234 e. The van der Waals surface area contributed by atoms with E-state index < -0.39 is 0 Å². The third kappa shape index (κ3) is 5.77. The molecule has 6 heteroatoms. The van der Waals surface area contributed by atoms with E-state index in [-0.39, 0.29) is 37.7 Å². The molecule has 0 aromatic carbocycles. The number of nitrogens with zero attached hydrogens (tertiary/aromatic N) is 1. The lowest BCUT2D eigenvalue weighted by Crippen LogP contribution is -2.45. The van der Waals surface area contributed by atoms with E-state index in [0.717, 1.165) is 25.7 Å². The second-order valence-electron chi connectivity index (χ2n) is 4.90. The molecule has 1 saturated carbocycles. The number of amides is 1.